The number of hydrogen-bond donors (Lipinski definition) is 2. The Balaban J connectivity index is 2.40. The zero-order valence-electron chi connectivity index (χ0n) is 14.4. The standard InChI is InChI=1S/C19H30O5/c20-11-5-1-3-7-13-23-18-10-9-17(16-22)15-19(18)24-14-8-4-2-6-12-21/h9-10,15-16,20-21H,1-8,11-14H2. The molecule has 1 rings (SSSR count). The molecule has 0 saturated heterocycles. The third kappa shape index (κ3) is 8.89. The van der Waals surface area contributed by atoms with Crippen molar-refractivity contribution in [1.29, 1.82) is 0 Å². The smallest absolute Gasteiger partial charge is 0.161 e. The van der Waals surface area contributed by atoms with E-state index in [0.717, 1.165) is 57.7 Å². The van der Waals surface area contributed by atoms with Crippen LogP contribution in [0.4, 0.5) is 0 Å². The Bertz CT molecular complexity index is 447. The van der Waals surface area contributed by atoms with Crippen molar-refractivity contribution in [3.8, 4) is 11.5 Å². The molecule has 0 aromatic heterocycles. The summed E-state index contributed by atoms with van der Waals surface area (Å²) < 4.78 is 11.6. The van der Waals surface area contributed by atoms with Crippen LogP contribution in [0.1, 0.15) is 61.7 Å². The molecule has 0 amide bonds. The molecule has 1 aromatic carbocycles. The van der Waals surface area contributed by atoms with Gasteiger partial charge in [0.25, 0.3) is 0 Å². The van der Waals surface area contributed by atoms with Crippen LogP contribution in [-0.4, -0.2) is 42.9 Å². The van der Waals surface area contributed by atoms with Gasteiger partial charge in [0.05, 0.1) is 13.2 Å². The molecule has 0 atom stereocenters. The molecular weight excluding hydrogens is 308 g/mol. The maximum absolute atomic E-state index is 10.9. The fraction of sp³-hybridized carbons (Fsp3) is 0.632. The maximum Gasteiger partial charge on any atom is 0.161 e. The summed E-state index contributed by atoms with van der Waals surface area (Å²) in [7, 11) is 0. The predicted octanol–water partition coefficient (Wildman–Crippen LogP) is 3.36. The van der Waals surface area contributed by atoms with Crippen LogP contribution in [0.3, 0.4) is 0 Å². The molecule has 0 bridgehead atoms. The molecule has 1 aromatic rings. The summed E-state index contributed by atoms with van der Waals surface area (Å²) in [6.45, 7) is 1.64. The van der Waals surface area contributed by atoms with Gasteiger partial charge in [-0.2, -0.15) is 0 Å². The van der Waals surface area contributed by atoms with Gasteiger partial charge in [-0.3, -0.25) is 4.79 Å². The molecule has 0 aliphatic rings. The van der Waals surface area contributed by atoms with Crippen LogP contribution in [0.2, 0.25) is 0 Å². The lowest BCUT2D eigenvalue weighted by Gasteiger charge is -2.13. The zero-order valence-corrected chi connectivity index (χ0v) is 14.4. The molecule has 2 N–H and O–H groups in total. The van der Waals surface area contributed by atoms with E-state index in [0.29, 0.717) is 30.3 Å². The lowest BCUT2D eigenvalue weighted by atomic mass is 10.2. The number of hydrogen-bond acceptors (Lipinski definition) is 5. The van der Waals surface area contributed by atoms with E-state index in [9.17, 15) is 4.79 Å². The largest absolute Gasteiger partial charge is 0.490 e. The number of benzene rings is 1. The highest BCUT2D eigenvalue weighted by atomic mass is 16.5. The summed E-state index contributed by atoms with van der Waals surface area (Å²) in [5.74, 6) is 1.27. The van der Waals surface area contributed by atoms with E-state index in [1.54, 1.807) is 18.2 Å². The molecule has 0 fully saturated rings. The number of carbonyl (C=O) groups is 1. The van der Waals surface area contributed by atoms with Crippen molar-refractivity contribution in [2.24, 2.45) is 0 Å². The predicted molar refractivity (Wildman–Crippen MR) is 93.9 cm³/mol. The number of aliphatic hydroxyl groups is 2. The van der Waals surface area contributed by atoms with Gasteiger partial charge in [-0.25, -0.2) is 0 Å². The fourth-order valence-electron chi connectivity index (χ4n) is 2.33. The first-order valence-corrected chi connectivity index (χ1v) is 8.88. The number of aldehydes is 1. The Hall–Kier alpha value is -1.59. The van der Waals surface area contributed by atoms with Gasteiger partial charge < -0.3 is 19.7 Å². The third-order valence-electron chi connectivity index (χ3n) is 3.72. The van der Waals surface area contributed by atoms with Crippen LogP contribution < -0.4 is 9.47 Å². The molecule has 0 spiro atoms. The lowest BCUT2D eigenvalue weighted by molar-refractivity contribution is 0.112. The number of aliphatic hydroxyl groups excluding tert-OH is 2. The van der Waals surface area contributed by atoms with Gasteiger partial charge in [-0.15, -0.1) is 0 Å². The Kier molecular flexibility index (Phi) is 11.8. The molecule has 136 valence electrons. The Morgan fingerprint density at radius 2 is 1.29 bits per heavy atom. The highest BCUT2D eigenvalue weighted by Gasteiger charge is 2.07. The monoisotopic (exact) mass is 338 g/mol. The van der Waals surface area contributed by atoms with Gasteiger partial charge in [0, 0.05) is 18.8 Å². The number of ether oxygens (including phenoxy) is 2. The number of unbranched alkanes of at least 4 members (excludes halogenated alkanes) is 6. The average Bonchev–Trinajstić information content (AvgIpc) is 2.61. The van der Waals surface area contributed by atoms with Crippen LogP contribution in [0.15, 0.2) is 18.2 Å². The van der Waals surface area contributed by atoms with Crippen LogP contribution >= 0.6 is 0 Å². The highest BCUT2D eigenvalue weighted by Crippen LogP contribution is 2.28. The van der Waals surface area contributed by atoms with E-state index in [1.165, 1.54) is 0 Å². The Labute approximate surface area is 144 Å². The molecule has 24 heavy (non-hydrogen) atoms. The first-order valence-electron chi connectivity index (χ1n) is 8.88. The second-order valence-electron chi connectivity index (χ2n) is 5.80. The van der Waals surface area contributed by atoms with Crippen molar-refractivity contribution in [1.82, 2.24) is 0 Å². The van der Waals surface area contributed by atoms with Crippen LogP contribution in [0, 0.1) is 0 Å². The fourth-order valence-corrected chi connectivity index (χ4v) is 2.33. The summed E-state index contributed by atoms with van der Waals surface area (Å²) in [5.41, 5.74) is 0.570. The van der Waals surface area contributed by atoms with E-state index < -0.39 is 0 Å². The number of carbonyl (C=O) groups excluding carboxylic acids is 1. The lowest BCUT2D eigenvalue weighted by Crippen LogP contribution is -2.03. The van der Waals surface area contributed by atoms with Crippen molar-refractivity contribution < 1.29 is 24.5 Å². The minimum Gasteiger partial charge on any atom is -0.490 e. The summed E-state index contributed by atoms with van der Waals surface area (Å²) in [4.78, 5) is 10.9. The van der Waals surface area contributed by atoms with E-state index >= 15 is 0 Å². The normalized spacial score (nSPS) is 10.6. The number of rotatable bonds is 15. The summed E-state index contributed by atoms with van der Waals surface area (Å²) in [6, 6.07) is 5.21. The van der Waals surface area contributed by atoms with Crippen LogP contribution in [0.25, 0.3) is 0 Å². The average molecular weight is 338 g/mol. The molecule has 0 unspecified atom stereocenters. The Morgan fingerprint density at radius 1 is 0.750 bits per heavy atom. The second-order valence-corrected chi connectivity index (χ2v) is 5.80. The van der Waals surface area contributed by atoms with Gasteiger partial charge in [0.1, 0.15) is 6.29 Å². The Morgan fingerprint density at radius 3 is 1.83 bits per heavy atom. The molecule has 0 aliphatic carbocycles. The van der Waals surface area contributed by atoms with Crippen LogP contribution in [0.5, 0.6) is 11.5 Å². The third-order valence-corrected chi connectivity index (χ3v) is 3.72. The van der Waals surface area contributed by atoms with Crippen LogP contribution in [-0.2, 0) is 0 Å². The van der Waals surface area contributed by atoms with Gasteiger partial charge >= 0.3 is 0 Å². The second kappa shape index (κ2) is 13.8. The minimum atomic E-state index is 0.235. The first-order chi connectivity index (χ1) is 11.8. The van der Waals surface area contributed by atoms with Crippen molar-refractivity contribution in [3.05, 3.63) is 23.8 Å². The van der Waals surface area contributed by atoms with Crippen molar-refractivity contribution in [3.63, 3.8) is 0 Å². The van der Waals surface area contributed by atoms with Crippen molar-refractivity contribution in [2.75, 3.05) is 26.4 Å². The van der Waals surface area contributed by atoms with Gasteiger partial charge in [-0.1, -0.05) is 12.8 Å². The van der Waals surface area contributed by atoms with Crippen molar-refractivity contribution in [2.45, 2.75) is 51.4 Å². The quantitative estimate of drug-likeness (QED) is 0.379. The molecule has 5 heteroatoms. The molecule has 0 aliphatic heterocycles. The zero-order chi connectivity index (χ0) is 17.5. The van der Waals surface area contributed by atoms with E-state index in [4.69, 9.17) is 19.7 Å². The topological polar surface area (TPSA) is 76.0 Å². The SMILES string of the molecule is O=Cc1ccc(OCCCCCCO)c(OCCCCCCO)c1. The van der Waals surface area contributed by atoms with Crippen molar-refractivity contribution >= 4 is 6.29 Å². The molecular formula is C19H30O5. The first kappa shape index (κ1) is 20.5. The van der Waals surface area contributed by atoms with E-state index in [-0.39, 0.29) is 13.2 Å². The highest BCUT2D eigenvalue weighted by molar-refractivity contribution is 5.76. The molecule has 0 radical (unpaired) electrons. The molecule has 0 saturated carbocycles. The van der Waals surface area contributed by atoms with Gasteiger partial charge in [0.15, 0.2) is 11.5 Å². The molecule has 0 heterocycles. The minimum absolute atomic E-state index is 0.235. The van der Waals surface area contributed by atoms with E-state index in [1.807, 2.05) is 0 Å². The molecule has 5 nitrogen and oxygen atoms in total. The summed E-state index contributed by atoms with van der Waals surface area (Å²) >= 11 is 0. The van der Waals surface area contributed by atoms with Gasteiger partial charge in [0.2, 0.25) is 0 Å². The van der Waals surface area contributed by atoms with Gasteiger partial charge in [-0.05, 0) is 56.7 Å². The summed E-state index contributed by atoms with van der Waals surface area (Å²) in [5, 5.41) is 17.5. The van der Waals surface area contributed by atoms with E-state index in [2.05, 4.69) is 0 Å². The summed E-state index contributed by atoms with van der Waals surface area (Å²) in [6.07, 6.45) is 8.31. The maximum atomic E-state index is 10.9.